The molecular formula is C13H15FN2OS2. The number of benzene rings is 1. The van der Waals surface area contributed by atoms with Gasteiger partial charge in [-0.15, -0.1) is 0 Å². The summed E-state index contributed by atoms with van der Waals surface area (Å²) in [6.07, 6.45) is 0.685. The van der Waals surface area contributed by atoms with Crippen LogP contribution >= 0.6 is 23.5 Å². The Balaban J connectivity index is 1.98. The predicted octanol–water partition coefficient (Wildman–Crippen LogP) is 3.38. The highest BCUT2D eigenvalue weighted by molar-refractivity contribution is 8.39. The zero-order valence-corrected chi connectivity index (χ0v) is 12.2. The molecular weight excluding hydrogens is 283 g/mol. The fraction of sp³-hybridized carbons (Fsp3) is 0.385. The van der Waals surface area contributed by atoms with Gasteiger partial charge in [-0.05, 0) is 18.6 Å². The summed E-state index contributed by atoms with van der Waals surface area (Å²) in [5, 5.41) is 2.40. The van der Waals surface area contributed by atoms with Crippen molar-refractivity contribution in [2.45, 2.75) is 18.6 Å². The van der Waals surface area contributed by atoms with Gasteiger partial charge in [-0.3, -0.25) is 9.79 Å². The van der Waals surface area contributed by atoms with Gasteiger partial charge in [0.05, 0.1) is 17.5 Å². The van der Waals surface area contributed by atoms with Crippen molar-refractivity contribution in [3.8, 4) is 0 Å². The summed E-state index contributed by atoms with van der Waals surface area (Å²) in [5.41, 5.74) is 0.229. The summed E-state index contributed by atoms with van der Waals surface area (Å²) in [5.74, 6) is 0.393. The van der Waals surface area contributed by atoms with Crippen LogP contribution in [0.2, 0.25) is 0 Å². The largest absolute Gasteiger partial charge is 0.323 e. The monoisotopic (exact) mass is 298 g/mol. The lowest BCUT2D eigenvalue weighted by Gasteiger charge is -2.14. The second kappa shape index (κ2) is 6.96. The number of rotatable bonds is 4. The Morgan fingerprint density at radius 3 is 3.00 bits per heavy atom. The number of carbonyl (C=O) groups excluding carboxylic acids is 1. The van der Waals surface area contributed by atoms with Gasteiger partial charge in [0, 0.05) is 5.75 Å². The van der Waals surface area contributed by atoms with Crippen molar-refractivity contribution in [1.29, 1.82) is 0 Å². The Morgan fingerprint density at radius 2 is 2.37 bits per heavy atom. The molecule has 1 unspecified atom stereocenters. The Hall–Kier alpha value is -1.01. The van der Waals surface area contributed by atoms with Gasteiger partial charge in [0.1, 0.15) is 10.2 Å². The van der Waals surface area contributed by atoms with E-state index in [0.717, 1.165) is 16.7 Å². The van der Waals surface area contributed by atoms with Crippen molar-refractivity contribution in [2.24, 2.45) is 4.99 Å². The van der Waals surface area contributed by atoms with Gasteiger partial charge < -0.3 is 5.32 Å². The number of para-hydroxylation sites is 1. The lowest BCUT2D eigenvalue weighted by Crippen LogP contribution is -2.25. The van der Waals surface area contributed by atoms with Gasteiger partial charge in [0.2, 0.25) is 5.91 Å². The highest BCUT2D eigenvalue weighted by Gasteiger charge is 2.22. The topological polar surface area (TPSA) is 41.5 Å². The van der Waals surface area contributed by atoms with Crippen molar-refractivity contribution >= 4 is 39.5 Å². The third-order valence-corrected chi connectivity index (χ3v) is 5.16. The molecule has 19 heavy (non-hydrogen) atoms. The normalized spacial score (nSPS) is 16.0. The van der Waals surface area contributed by atoms with Crippen LogP contribution in [0, 0.1) is 5.82 Å². The van der Waals surface area contributed by atoms with Crippen LogP contribution in [0.3, 0.4) is 0 Å². The second-order valence-electron chi connectivity index (χ2n) is 3.98. The van der Waals surface area contributed by atoms with E-state index >= 15 is 0 Å². The van der Waals surface area contributed by atoms with E-state index in [2.05, 4.69) is 10.3 Å². The van der Waals surface area contributed by atoms with Crippen molar-refractivity contribution in [3.05, 3.63) is 30.1 Å². The molecule has 0 aromatic heterocycles. The van der Waals surface area contributed by atoms with Crippen LogP contribution in [0.5, 0.6) is 0 Å². The number of amides is 1. The smallest absolute Gasteiger partial charge is 0.238 e. The van der Waals surface area contributed by atoms with E-state index in [1.165, 1.54) is 17.8 Å². The first-order chi connectivity index (χ1) is 9.20. The SMILES string of the molecule is CCC(SC1=NCCS1)C(=O)Nc1ccccc1F. The Labute approximate surface area is 120 Å². The standard InChI is InChI=1S/C13H15FN2OS2/c1-2-11(19-13-15-7-8-18-13)12(17)16-10-6-4-3-5-9(10)14/h3-6,11H,2,7-8H2,1H3,(H,16,17). The summed E-state index contributed by atoms with van der Waals surface area (Å²) in [6.45, 7) is 2.76. The van der Waals surface area contributed by atoms with Gasteiger partial charge in [-0.2, -0.15) is 0 Å². The minimum Gasteiger partial charge on any atom is -0.323 e. The number of halogens is 1. The molecule has 1 N–H and O–H groups in total. The van der Waals surface area contributed by atoms with Gasteiger partial charge >= 0.3 is 0 Å². The summed E-state index contributed by atoms with van der Waals surface area (Å²) in [4.78, 5) is 16.4. The van der Waals surface area contributed by atoms with Crippen molar-refractivity contribution in [1.82, 2.24) is 0 Å². The molecule has 0 saturated carbocycles. The third-order valence-electron chi connectivity index (χ3n) is 2.60. The van der Waals surface area contributed by atoms with Crippen molar-refractivity contribution < 1.29 is 9.18 Å². The Bertz CT molecular complexity index is 493. The molecule has 0 spiro atoms. The number of nitrogens with zero attached hydrogens (tertiary/aromatic N) is 1. The molecule has 0 fully saturated rings. The third kappa shape index (κ3) is 3.98. The molecule has 2 rings (SSSR count). The highest BCUT2D eigenvalue weighted by Crippen LogP contribution is 2.28. The molecule has 3 nitrogen and oxygen atoms in total. The molecule has 1 amide bonds. The molecule has 1 aliphatic heterocycles. The minimum absolute atomic E-state index is 0.173. The van der Waals surface area contributed by atoms with Crippen LogP contribution in [0.15, 0.2) is 29.3 Å². The lowest BCUT2D eigenvalue weighted by atomic mass is 10.2. The molecule has 102 valence electrons. The zero-order valence-electron chi connectivity index (χ0n) is 10.6. The number of hydrogen-bond acceptors (Lipinski definition) is 4. The van der Waals surface area contributed by atoms with Gasteiger partial charge in [0.25, 0.3) is 0 Å². The number of nitrogens with one attached hydrogen (secondary N) is 1. The van der Waals surface area contributed by atoms with Crippen LogP contribution in [0.4, 0.5) is 10.1 Å². The van der Waals surface area contributed by atoms with Gasteiger partial charge in [-0.1, -0.05) is 42.6 Å². The van der Waals surface area contributed by atoms with Crippen molar-refractivity contribution in [3.63, 3.8) is 0 Å². The number of hydrogen-bond donors (Lipinski definition) is 1. The van der Waals surface area contributed by atoms with Crippen LogP contribution in [-0.4, -0.2) is 27.8 Å². The number of carbonyl (C=O) groups is 1. The molecule has 6 heteroatoms. The minimum atomic E-state index is -0.414. The van der Waals surface area contributed by atoms with Crippen LogP contribution in [0.1, 0.15) is 13.3 Å². The van der Waals surface area contributed by atoms with E-state index < -0.39 is 5.82 Å². The van der Waals surface area contributed by atoms with Crippen molar-refractivity contribution in [2.75, 3.05) is 17.6 Å². The molecule has 0 bridgehead atoms. The van der Waals surface area contributed by atoms with E-state index in [1.54, 1.807) is 30.0 Å². The molecule has 0 aliphatic carbocycles. The Morgan fingerprint density at radius 1 is 1.58 bits per heavy atom. The van der Waals surface area contributed by atoms with E-state index in [4.69, 9.17) is 0 Å². The van der Waals surface area contributed by atoms with E-state index in [9.17, 15) is 9.18 Å². The second-order valence-corrected chi connectivity index (χ2v) is 6.51. The Kier molecular flexibility index (Phi) is 5.27. The first-order valence-corrected chi connectivity index (χ1v) is 7.96. The van der Waals surface area contributed by atoms with E-state index in [-0.39, 0.29) is 16.8 Å². The van der Waals surface area contributed by atoms with Gasteiger partial charge in [-0.25, -0.2) is 4.39 Å². The number of thioether (sulfide) groups is 2. The first-order valence-electron chi connectivity index (χ1n) is 6.10. The van der Waals surface area contributed by atoms with Crippen LogP contribution < -0.4 is 5.32 Å². The first kappa shape index (κ1) is 14.4. The number of anilines is 1. The van der Waals surface area contributed by atoms with E-state index in [0.29, 0.717) is 6.42 Å². The molecule has 1 heterocycles. The maximum atomic E-state index is 13.5. The van der Waals surface area contributed by atoms with E-state index in [1.807, 2.05) is 6.92 Å². The molecule has 1 aromatic carbocycles. The summed E-state index contributed by atoms with van der Waals surface area (Å²) in [6, 6.07) is 6.19. The maximum Gasteiger partial charge on any atom is 0.238 e. The molecule has 0 saturated heterocycles. The van der Waals surface area contributed by atoms with Gasteiger partial charge in [0.15, 0.2) is 0 Å². The molecule has 0 radical (unpaired) electrons. The predicted molar refractivity (Wildman–Crippen MR) is 81.5 cm³/mol. The zero-order chi connectivity index (χ0) is 13.7. The summed E-state index contributed by atoms with van der Waals surface area (Å²) >= 11 is 3.14. The molecule has 1 aromatic rings. The maximum absolute atomic E-state index is 13.5. The molecule has 1 atom stereocenters. The van der Waals surface area contributed by atoms with Crippen LogP contribution in [0.25, 0.3) is 0 Å². The lowest BCUT2D eigenvalue weighted by molar-refractivity contribution is -0.115. The average molecular weight is 298 g/mol. The molecule has 1 aliphatic rings. The summed E-state index contributed by atoms with van der Waals surface area (Å²) in [7, 11) is 0. The fourth-order valence-electron chi connectivity index (χ4n) is 1.61. The summed E-state index contributed by atoms with van der Waals surface area (Å²) < 4.78 is 14.4. The highest BCUT2D eigenvalue weighted by atomic mass is 32.2. The van der Waals surface area contributed by atoms with Crippen LogP contribution in [-0.2, 0) is 4.79 Å². The fourth-order valence-corrected chi connectivity index (χ4v) is 3.76. The average Bonchev–Trinajstić information content (AvgIpc) is 2.91. The number of aliphatic imine (C=N–C) groups is 1. The quantitative estimate of drug-likeness (QED) is 0.926.